The molecule has 2 aromatic rings. The van der Waals surface area contributed by atoms with E-state index in [0.717, 1.165) is 6.42 Å². The van der Waals surface area contributed by atoms with Crippen molar-refractivity contribution < 1.29 is 19.0 Å². The van der Waals surface area contributed by atoms with Gasteiger partial charge in [0.1, 0.15) is 17.5 Å². The molecule has 1 spiro atoms. The standard InChI is InChI=1S/C26H31N5O5/c1-16(2)7-12-34-18-5-3-17(4-6-18)20-19(15-27)23(32)28-22-21(20)24(33)30-25(29-22)31-10-8-26(9-11-31)35-13-14-36-26/h3-6,16,19-20H,7-14H2,1-2H3,(H2,28,29,30,32,33). The maximum atomic E-state index is 13.3. The highest BCUT2D eigenvalue weighted by atomic mass is 16.7. The zero-order valence-electron chi connectivity index (χ0n) is 20.6. The fraction of sp³-hybridized carbons (Fsp3) is 0.538. The van der Waals surface area contributed by atoms with Crippen LogP contribution in [0.1, 0.15) is 50.2 Å². The SMILES string of the molecule is CC(C)CCOc1ccc(C2c3c(nc(N4CCC5(CC4)OCCO5)[nH]c3=O)NC(=O)C2C#N)cc1. The lowest BCUT2D eigenvalue weighted by atomic mass is 9.79. The van der Waals surface area contributed by atoms with Crippen LogP contribution in [0.5, 0.6) is 5.75 Å². The molecule has 36 heavy (non-hydrogen) atoms. The van der Waals surface area contributed by atoms with Crippen LogP contribution in [-0.2, 0) is 14.3 Å². The van der Waals surface area contributed by atoms with Crippen LogP contribution in [0.15, 0.2) is 29.1 Å². The summed E-state index contributed by atoms with van der Waals surface area (Å²) in [5.74, 6) is -0.983. The monoisotopic (exact) mass is 493 g/mol. The van der Waals surface area contributed by atoms with Gasteiger partial charge >= 0.3 is 0 Å². The van der Waals surface area contributed by atoms with E-state index < -0.39 is 23.5 Å². The number of anilines is 2. The molecule has 2 atom stereocenters. The average molecular weight is 494 g/mol. The van der Waals surface area contributed by atoms with Crippen molar-refractivity contribution in [1.82, 2.24) is 9.97 Å². The molecule has 1 aromatic carbocycles. The van der Waals surface area contributed by atoms with Gasteiger partial charge in [0.2, 0.25) is 11.9 Å². The molecule has 3 aliphatic heterocycles. The number of H-pyrrole nitrogens is 1. The Hall–Kier alpha value is -3.42. The summed E-state index contributed by atoms with van der Waals surface area (Å²) in [7, 11) is 0. The maximum Gasteiger partial charge on any atom is 0.258 e. The Morgan fingerprint density at radius 1 is 1.19 bits per heavy atom. The predicted octanol–water partition coefficient (Wildman–Crippen LogP) is 2.76. The second-order valence-corrected chi connectivity index (χ2v) is 9.92. The molecule has 3 aliphatic rings. The number of nitrogens with zero attached hydrogens (tertiary/aromatic N) is 3. The van der Waals surface area contributed by atoms with Crippen LogP contribution in [0.4, 0.5) is 11.8 Å². The second kappa shape index (κ2) is 9.91. The highest BCUT2D eigenvalue weighted by Gasteiger charge is 2.42. The van der Waals surface area contributed by atoms with Gasteiger partial charge in [0.05, 0.1) is 31.5 Å². The minimum absolute atomic E-state index is 0.196. The number of benzene rings is 1. The number of amides is 1. The van der Waals surface area contributed by atoms with Crippen molar-refractivity contribution in [3.05, 3.63) is 45.7 Å². The lowest BCUT2D eigenvalue weighted by Crippen LogP contribution is -2.46. The summed E-state index contributed by atoms with van der Waals surface area (Å²) in [4.78, 5) is 35.6. The highest BCUT2D eigenvalue weighted by molar-refractivity contribution is 5.98. The number of fused-ring (bicyclic) bond motifs is 1. The number of carbonyl (C=O) groups is 1. The Morgan fingerprint density at radius 2 is 1.89 bits per heavy atom. The van der Waals surface area contributed by atoms with E-state index in [1.54, 1.807) is 12.1 Å². The van der Waals surface area contributed by atoms with Crippen LogP contribution in [0.2, 0.25) is 0 Å². The smallest absolute Gasteiger partial charge is 0.258 e. The maximum absolute atomic E-state index is 13.3. The normalized spacial score (nSPS) is 22.8. The average Bonchev–Trinajstić information content (AvgIpc) is 3.31. The van der Waals surface area contributed by atoms with Crippen molar-refractivity contribution in [3.8, 4) is 11.8 Å². The van der Waals surface area contributed by atoms with Crippen molar-refractivity contribution in [2.24, 2.45) is 11.8 Å². The van der Waals surface area contributed by atoms with Crippen molar-refractivity contribution in [1.29, 1.82) is 5.26 Å². The van der Waals surface area contributed by atoms with Crippen LogP contribution >= 0.6 is 0 Å². The van der Waals surface area contributed by atoms with Crippen LogP contribution in [-0.4, -0.2) is 54.6 Å². The first-order chi connectivity index (χ1) is 17.4. The van der Waals surface area contributed by atoms with Crippen LogP contribution in [0.3, 0.4) is 0 Å². The largest absolute Gasteiger partial charge is 0.494 e. The molecule has 10 heteroatoms. The molecule has 2 fully saturated rings. The number of piperidine rings is 1. The fourth-order valence-electron chi connectivity index (χ4n) is 5.04. The van der Waals surface area contributed by atoms with Crippen LogP contribution < -0.4 is 20.5 Å². The number of nitrogens with one attached hydrogen (secondary N) is 2. The zero-order chi connectivity index (χ0) is 25.3. The van der Waals surface area contributed by atoms with E-state index in [2.05, 4.69) is 35.2 Å². The summed E-state index contributed by atoms with van der Waals surface area (Å²) < 4.78 is 17.4. The van der Waals surface area contributed by atoms with E-state index >= 15 is 0 Å². The number of carbonyl (C=O) groups excluding carboxylic acids is 1. The Morgan fingerprint density at radius 3 is 2.53 bits per heavy atom. The summed E-state index contributed by atoms with van der Waals surface area (Å²) in [6.45, 7) is 7.25. The molecule has 0 aliphatic carbocycles. The Kier molecular flexibility index (Phi) is 6.69. The Labute approximate surface area is 209 Å². The lowest BCUT2D eigenvalue weighted by Gasteiger charge is -2.38. The third-order valence-electron chi connectivity index (χ3n) is 7.09. The number of aromatic amines is 1. The van der Waals surface area contributed by atoms with E-state index in [1.165, 1.54) is 0 Å². The van der Waals surface area contributed by atoms with Gasteiger partial charge in [-0.2, -0.15) is 10.2 Å². The molecule has 5 rings (SSSR count). The topological polar surface area (TPSA) is 130 Å². The molecular weight excluding hydrogens is 462 g/mol. The number of hydrogen-bond donors (Lipinski definition) is 2. The molecule has 4 heterocycles. The Balaban J connectivity index is 1.41. The van der Waals surface area contributed by atoms with Gasteiger partial charge in [-0.25, -0.2) is 0 Å². The van der Waals surface area contributed by atoms with Crippen molar-refractivity contribution in [2.75, 3.05) is 43.1 Å². The number of nitriles is 1. The quantitative estimate of drug-likeness (QED) is 0.628. The van der Waals surface area contributed by atoms with Gasteiger partial charge in [-0.3, -0.25) is 14.6 Å². The molecule has 1 aromatic heterocycles. The molecular formula is C26H31N5O5. The second-order valence-electron chi connectivity index (χ2n) is 9.92. The van der Waals surface area contributed by atoms with E-state index in [0.29, 0.717) is 68.9 Å². The van der Waals surface area contributed by atoms with Gasteiger partial charge in [0.15, 0.2) is 5.79 Å². The first-order valence-corrected chi connectivity index (χ1v) is 12.5. The summed E-state index contributed by atoms with van der Waals surface area (Å²) in [5, 5.41) is 12.5. The number of hydrogen-bond acceptors (Lipinski definition) is 8. The number of aromatic nitrogens is 2. The van der Waals surface area contributed by atoms with Gasteiger partial charge in [-0.05, 0) is 30.0 Å². The van der Waals surface area contributed by atoms with E-state index in [4.69, 9.17) is 14.2 Å². The summed E-state index contributed by atoms with van der Waals surface area (Å²) in [5.41, 5.74) is 0.602. The summed E-state index contributed by atoms with van der Waals surface area (Å²) >= 11 is 0. The van der Waals surface area contributed by atoms with Crippen LogP contribution in [0.25, 0.3) is 0 Å². The molecule has 10 nitrogen and oxygen atoms in total. The summed E-state index contributed by atoms with van der Waals surface area (Å²) in [6, 6.07) is 9.31. The minimum atomic E-state index is -1.05. The first-order valence-electron chi connectivity index (χ1n) is 12.5. The molecule has 0 saturated carbocycles. The lowest BCUT2D eigenvalue weighted by molar-refractivity contribution is -0.169. The minimum Gasteiger partial charge on any atom is -0.494 e. The van der Waals surface area contributed by atoms with E-state index in [-0.39, 0.29) is 16.9 Å². The summed E-state index contributed by atoms with van der Waals surface area (Å²) in [6.07, 6.45) is 2.26. The molecule has 1 amide bonds. The van der Waals surface area contributed by atoms with Gasteiger partial charge in [0, 0.05) is 31.8 Å². The zero-order valence-corrected chi connectivity index (χ0v) is 20.6. The third kappa shape index (κ3) is 4.68. The highest BCUT2D eigenvalue weighted by Crippen LogP contribution is 2.39. The molecule has 2 saturated heterocycles. The molecule has 190 valence electrons. The van der Waals surface area contributed by atoms with Crippen molar-refractivity contribution in [2.45, 2.75) is 44.8 Å². The molecule has 2 N–H and O–H groups in total. The van der Waals surface area contributed by atoms with E-state index in [1.807, 2.05) is 17.0 Å². The van der Waals surface area contributed by atoms with E-state index in [9.17, 15) is 14.9 Å². The predicted molar refractivity (Wildman–Crippen MR) is 132 cm³/mol. The van der Waals surface area contributed by atoms with Gasteiger partial charge in [-0.1, -0.05) is 26.0 Å². The molecule has 2 unspecified atom stereocenters. The Bertz CT molecular complexity index is 1200. The third-order valence-corrected chi connectivity index (χ3v) is 7.09. The number of ether oxygens (including phenoxy) is 3. The van der Waals surface area contributed by atoms with Gasteiger partial charge < -0.3 is 24.4 Å². The fourth-order valence-corrected chi connectivity index (χ4v) is 5.04. The van der Waals surface area contributed by atoms with Crippen molar-refractivity contribution >= 4 is 17.7 Å². The molecule has 0 bridgehead atoms. The first kappa shape index (κ1) is 24.3. The van der Waals surface area contributed by atoms with Gasteiger partial charge in [0.25, 0.3) is 5.56 Å². The van der Waals surface area contributed by atoms with Crippen LogP contribution in [0, 0.1) is 23.2 Å². The molecule has 0 radical (unpaired) electrons. The van der Waals surface area contributed by atoms with Crippen molar-refractivity contribution in [3.63, 3.8) is 0 Å². The number of rotatable bonds is 6. The van der Waals surface area contributed by atoms with Gasteiger partial charge in [-0.15, -0.1) is 0 Å².